The first-order chi connectivity index (χ1) is 8.50. The van der Waals surface area contributed by atoms with Crippen LogP contribution in [0.15, 0.2) is 40.9 Å². The molecule has 1 atom stereocenters. The number of benzene rings is 2. The molecule has 18 heavy (non-hydrogen) atoms. The first-order valence-corrected chi connectivity index (χ1v) is 6.34. The van der Waals surface area contributed by atoms with Crippen LogP contribution in [-0.4, -0.2) is 5.11 Å². The molecule has 0 spiro atoms. The van der Waals surface area contributed by atoms with E-state index in [2.05, 4.69) is 15.9 Å². The lowest BCUT2D eigenvalue weighted by Gasteiger charge is -2.14. The number of hydrogen-bond acceptors (Lipinski definition) is 2. The van der Waals surface area contributed by atoms with Gasteiger partial charge in [-0.3, -0.25) is 0 Å². The van der Waals surface area contributed by atoms with E-state index in [4.69, 9.17) is 17.3 Å². The number of aliphatic hydroxyl groups excluding tert-OH is 1. The molecule has 2 aromatic carbocycles. The van der Waals surface area contributed by atoms with E-state index in [9.17, 15) is 9.50 Å². The average molecular weight is 331 g/mol. The van der Waals surface area contributed by atoms with Crippen molar-refractivity contribution < 1.29 is 9.50 Å². The lowest BCUT2D eigenvalue weighted by Crippen LogP contribution is -2.04. The second-order valence-corrected chi connectivity index (χ2v) is 5.07. The molecule has 0 aliphatic rings. The fourth-order valence-electron chi connectivity index (χ4n) is 1.66. The molecule has 0 bridgehead atoms. The largest absolute Gasteiger partial charge is 0.399 e. The van der Waals surface area contributed by atoms with Gasteiger partial charge in [0.1, 0.15) is 11.9 Å². The number of nitrogen functional groups attached to an aromatic ring is 1. The van der Waals surface area contributed by atoms with E-state index in [1.54, 1.807) is 30.3 Å². The van der Waals surface area contributed by atoms with Crippen LogP contribution in [0.4, 0.5) is 10.1 Å². The predicted octanol–water partition coefficient (Wildman–Crippen LogP) is 3.91. The highest BCUT2D eigenvalue weighted by molar-refractivity contribution is 9.10. The van der Waals surface area contributed by atoms with Crippen molar-refractivity contribution in [1.29, 1.82) is 0 Å². The summed E-state index contributed by atoms with van der Waals surface area (Å²) in [5.41, 5.74) is 6.78. The predicted molar refractivity (Wildman–Crippen MR) is 74.0 cm³/mol. The summed E-state index contributed by atoms with van der Waals surface area (Å²) in [6.45, 7) is 0. The molecule has 0 aliphatic carbocycles. The van der Waals surface area contributed by atoms with Gasteiger partial charge in [-0.1, -0.05) is 29.8 Å². The van der Waals surface area contributed by atoms with Gasteiger partial charge in [0.05, 0.1) is 5.02 Å². The number of halogens is 3. The minimum Gasteiger partial charge on any atom is -0.399 e. The Morgan fingerprint density at radius 1 is 1.28 bits per heavy atom. The maximum absolute atomic E-state index is 13.9. The van der Waals surface area contributed by atoms with E-state index in [1.165, 1.54) is 6.07 Å². The summed E-state index contributed by atoms with van der Waals surface area (Å²) in [6.07, 6.45) is -1.10. The summed E-state index contributed by atoms with van der Waals surface area (Å²) in [5, 5.41) is 10.1. The van der Waals surface area contributed by atoms with Crippen LogP contribution in [0.5, 0.6) is 0 Å². The summed E-state index contributed by atoms with van der Waals surface area (Å²) in [4.78, 5) is 0. The average Bonchev–Trinajstić information content (AvgIpc) is 2.35. The summed E-state index contributed by atoms with van der Waals surface area (Å²) in [7, 11) is 0. The van der Waals surface area contributed by atoms with Gasteiger partial charge in [0.15, 0.2) is 0 Å². The molecule has 0 amide bonds. The zero-order chi connectivity index (χ0) is 13.3. The van der Waals surface area contributed by atoms with Crippen molar-refractivity contribution >= 4 is 33.2 Å². The first-order valence-electron chi connectivity index (χ1n) is 5.17. The van der Waals surface area contributed by atoms with Crippen LogP contribution in [0, 0.1) is 5.82 Å². The molecule has 0 aromatic heterocycles. The van der Waals surface area contributed by atoms with Gasteiger partial charge in [-0.15, -0.1) is 0 Å². The van der Waals surface area contributed by atoms with Crippen molar-refractivity contribution in [3.8, 4) is 0 Å². The molecule has 0 aliphatic heterocycles. The van der Waals surface area contributed by atoms with Crippen molar-refractivity contribution in [2.24, 2.45) is 0 Å². The monoisotopic (exact) mass is 329 g/mol. The maximum Gasteiger partial charge on any atom is 0.149 e. The molecule has 1 unspecified atom stereocenters. The topological polar surface area (TPSA) is 46.2 Å². The third-order valence-electron chi connectivity index (χ3n) is 2.59. The van der Waals surface area contributed by atoms with Gasteiger partial charge in [-0.05, 0) is 39.7 Å². The third kappa shape index (κ3) is 2.51. The zero-order valence-electron chi connectivity index (χ0n) is 9.20. The van der Waals surface area contributed by atoms with E-state index >= 15 is 0 Å². The van der Waals surface area contributed by atoms with Gasteiger partial charge >= 0.3 is 0 Å². The minimum absolute atomic E-state index is 0.0459. The van der Waals surface area contributed by atoms with Gasteiger partial charge in [0.2, 0.25) is 0 Å². The van der Waals surface area contributed by atoms with Gasteiger partial charge < -0.3 is 10.8 Å². The first kappa shape index (κ1) is 13.3. The summed E-state index contributed by atoms with van der Waals surface area (Å²) < 4.78 is 14.4. The van der Waals surface area contributed by atoms with Crippen LogP contribution in [0.3, 0.4) is 0 Å². The van der Waals surface area contributed by atoms with Gasteiger partial charge in [-0.25, -0.2) is 4.39 Å². The molecule has 0 saturated carbocycles. The second kappa shape index (κ2) is 5.26. The van der Waals surface area contributed by atoms with Gasteiger partial charge in [0, 0.05) is 15.7 Å². The normalized spacial score (nSPS) is 12.4. The van der Waals surface area contributed by atoms with Crippen molar-refractivity contribution in [2.45, 2.75) is 6.10 Å². The van der Waals surface area contributed by atoms with E-state index in [0.717, 1.165) is 0 Å². The van der Waals surface area contributed by atoms with Crippen LogP contribution >= 0.6 is 27.5 Å². The fraction of sp³-hybridized carbons (Fsp3) is 0.0769. The van der Waals surface area contributed by atoms with Crippen LogP contribution in [0.2, 0.25) is 5.02 Å². The van der Waals surface area contributed by atoms with E-state index in [0.29, 0.717) is 15.7 Å². The van der Waals surface area contributed by atoms with E-state index in [1.807, 2.05) is 0 Å². The third-order valence-corrected chi connectivity index (χ3v) is 3.84. The Bertz CT molecular complexity index is 591. The molecular formula is C13H10BrClFNO. The molecule has 2 rings (SSSR count). The molecule has 2 aromatic rings. The number of rotatable bonds is 2. The SMILES string of the molecule is Nc1cccc(C(O)c2ccc(Br)c(Cl)c2F)c1. The van der Waals surface area contributed by atoms with Gasteiger partial charge in [-0.2, -0.15) is 0 Å². The molecule has 0 saturated heterocycles. The Labute approximate surface area is 117 Å². The van der Waals surface area contributed by atoms with Crippen molar-refractivity contribution in [1.82, 2.24) is 0 Å². The highest BCUT2D eigenvalue weighted by Gasteiger charge is 2.18. The Balaban J connectivity index is 2.46. The molecule has 3 N–H and O–H groups in total. The Hall–Kier alpha value is -1.10. The molecule has 0 fully saturated rings. The molecule has 5 heteroatoms. The second-order valence-electron chi connectivity index (χ2n) is 3.84. The smallest absolute Gasteiger partial charge is 0.149 e. The van der Waals surface area contributed by atoms with Crippen LogP contribution in [0.25, 0.3) is 0 Å². The maximum atomic E-state index is 13.9. The van der Waals surface area contributed by atoms with Crippen molar-refractivity contribution in [3.05, 3.63) is 62.8 Å². The quantitative estimate of drug-likeness (QED) is 0.648. The standard InChI is InChI=1S/C13H10BrClFNO/c14-10-5-4-9(12(16)11(10)15)13(18)7-2-1-3-8(17)6-7/h1-6,13,18H,17H2. The highest BCUT2D eigenvalue weighted by Crippen LogP contribution is 2.33. The molecule has 0 heterocycles. The van der Waals surface area contributed by atoms with Crippen LogP contribution in [0.1, 0.15) is 17.2 Å². The van der Waals surface area contributed by atoms with Crippen LogP contribution in [-0.2, 0) is 0 Å². The summed E-state index contributed by atoms with van der Waals surface area (Å²) in [5.74, 6) is -0.638. The number of nitrogens with two attached hydrogens (primary N) is 1. The Morgan fingerprint density at radius 3 is 2.67 bits per heavy atom. The van der Waals surface area contributed by atoms with Gasteiger partial charge in [0.25, 0.3) is 0 Å². The molecule has 2 nitrogen and oxygen atoms in total. The highest BCUT2D eigenvalue weighted by atomic mass is 79.9. The van der Waals surface area contributed by atoms with E-state index < -0.39 is 11.9 Å². The molecule has 94 valence electrons. The number of aliphatic hydroxyl groups is 1. The number of hydrogen-bond donors (Lipinski definition) is 2. The lowest BCUT2D eigenvalue weighted by molar-refractivity contribution is 0.215. The molecule has 0 radical (unpaired) electrons. The zero-order valence-corrected chi connectivity index (χ0v) is 11.5. The van der Waals surface area contributed by atoms with E-state index in [-0.39, 0.29) is 10.6 Å². The Morgan fingerprint density at radius 2 is 2.00 bits per heavy atom. The van der Waals surface area contributed by atoms with Crippen molar-refractivity contribution in [3.63, 3.8) is 0 Å². The fourth-order valence-corrected chi connectivity index (χ4v) is 2.14. The molecular weight excluding hydrogens is 321 g/mol. The lowest BCUT2D eigenvalue weighted by atomic mass is 10.0. The Kier molecular flexibility index (Phi) is 3.90. The summed E-state index contributed by atoms with van der Waals surface area (Å²) in [6, 6.07) is 9.75. The summed E-state index contributed by atoms with van der Waals surface area (Å²) >= 11 is 8.91. The minimum atomic E-state index is -1.10. The van der Waals surface area contributed by atoms with Crippen LogP contribution < -0.4 is 5.73 Å². The number of anilines is 1. The van der Waals surface area contributed by atoms with Crippen molar-refractivity contribution in [2.75, 3.05) is 5.73 Å².